The summed E-state index contributed by atoms with van der Waals surface area (Å²) in [5.41, 5.74) is 1.52. The molecule has 1 aromatic carbocycles. The summed E-state index contributed by atoms with van der Waals surface area (Å²) in [6.45, 7) is 0.128. The number of nitrogens with one attached hydrogen (secondary N) is 3. The number of amides is 3. The Balaban J connectivity index is 1.63. The average molecular weight is 450 g/mol. The van der Waals surface area contributed by atoms with Gasteiger partial charge in [-0.2, -0.15) is 0 Å². The third-order valence-electron chi connectivity index (χ3n) is 6.44. The molecule has 2 aromatic rings. The Labute approximate surface area is 194 Å². The van der Waals surface area contributed by atoms with Gasteiger partial charge in [-0.05, 0) is 49.6 Å². The van der Waals surface area contributed by atoms with Crippen molar-refractivity contribution in [2.24, 2.45) is 5.92 Å². The second-order valence-electron chi connectivity index (χ2n) is 8.74. The highest BCUT2D eigenvalue weighted by molar-refractivity contribution is 6.09. The second-order valence-corrected chi connectivity index (χ2v) is 8.74. The van der Waals surface area contributed by atoms with E-state index >= 15 is 0 Å². The quantitative estimate of drug-likeness (QED) is 0.602. The van der Waals surface area contributed by atoms with E-state index in [0.717, 1.165) is 37.7 Å². The third-order valence-corrected chi connectivity index (χ3v) is 6.44. The zero-order valence-corrected chi connectivity index (χ0v) is 18.9. The van der Waals surface area contributed by atoms with Crippen LogP contribution in [0.1, 0.15) is 37.7 Å². The first kappa shape index (κ1) is 22.9. The van der Waals surface area contributed by atoms with Crippen LogP contribution >= 0.6 is 0 Å². The van der Waals surface area contributed by atoms with Crippen LogP contribution in [0.5, 0.6) is 0 Å². The first-order valence-electron chi connectivity index (χ1n) is 11.7. The average Bonchev–Trinajstić information content (AvgIpc) is 3.23. The number of carbonyl (C=O) groups is 3. The molecule has 2 heterocycles. The molecule has 33 heavy (non-hydrogen) atoms. The smallest absolute Gasteiger partial charge is 0.251 e. The maximum Gasteiger partial charge on any atom is 0.251 e. The highest BCUT2D eigenvalue weighted by Gasteiger charge is 2.44. The van der Waals surface area contributed by atoms with Crippen molar-refractivity contribution in [3.63, 3.8) is 0 Å². The number of aromatic nitrogens is 1. The lowest BCUT2D eigenvalue weighted by Crippen LogP contribution is -2.57. The van der Waals surface area contributed by atoms with Gasteiger partial charge in [0.2, 0.25) is 11.8 Å². The van der Waals surface area contributed by atoms with Gasteiger partial charge in [0.1, 0.15) is 17.9 Å². The van der Waals surface area contributed by atoms with Gasteiger partial charge in [0, 0.05) is 18.3 Å². The summed E-state index contributed by atoms with van der Waals surface area (Å²) in [6, 6.07) is 11.5. The van der Waals surface area contributed by atoms with E-state index in [0.29, 0.717) is 17.9 Å². The van der Waals surface area contributed by atoms with E-state index in [4.69, 9.17) is 0 Å². The van der Waals surface area contributed by atoms with E-state index in [2.05, 4.69) is 20.9 Å². The number of pyridine rings is 1. The van der Waals surface area contributed by atoms with Gasteiger partial charge in [-0.15, -0.1) is 0 Å². The topological polar surface area (TPSA) is 103 Å². The minimum Gasteiger partial charge on any atom is -0.343 e. The molecule has 1 saturated carbocycles. The Kier molecular flexibility index (Phi) is 7.34. The van der Waals surface area contributed by atoms with Crippen LogP contribution in [0, 0.1) is 5.92 Å². The Morgan fingerprint density at radius 2 is 1.82 bits per heavy atom. The van der Waals surface area contributed by atoms with E-state index in [1.165, 1.54) is 4.90 Å². The molecule has 2 unspecified atom stereocenters. The monoisotopic (exact) mass is 449 g/mol. The largest absolute Gasteiger partial charge is 0.343 e. The van der Waals surface area contributed by atoms with Crippen LogP contribution in [0.15, 0.2) is 48.7 Å². The van der Waals surface area contributed by atoms with Crippen molar-refractivity contribution in [2.45, 2.75) is 50.6 Å². The number of likely N-dealkylation sites (N-methyl/N-ethyl adjacent to an activating group) is 1. The van der Waals surface area contributed by atoms with Gasteiger partial charge in [-0.3, -0.25) is 19.3 Å². The van der Waals surface area contributed by atoms with E-state index in [1.807, 2.05) is 42.5 Å². The molecule has 0 saturated heterocycles. The fourth-order valence-electron chi connectivity index (χ4n) is 4.85. The van der Waals surface area contributed by atoms with Crippen LogP contribution in [0.2, 0.25) is 0 Å². The maximum atomic E-state index is 14.0. The van der Waals surface area contributed by atoms with Crippen molar-refractivity contribution in [1.82, 2.24) is 15.6 Å². The van der Waals surface area contributed by atoms with Gasteiger partial charge in [0.05, 0.1) is 6.54 Å². The van der Waals surface area contributed by atoms with Crippen molar-refractivity contribution in [3.05, 3.63) is 54.2 Å². The summed E-state index contributed by atoms with van der Waals surface area (Å²) in [5.74, 6) is -0.224. The summed E-state index contributed by atoms with van der Waals surface area (Å²) in [6.07, 6.45) is 6.96. The van der Waals surface area contributed by atoms with Crippen LogP contribution in [0.4, 0.5) is 11.5 Å². The van der Waals surface area contributed by atoms with Crippen molar-refractivity contribution in [2.75, 3.05) is 23.8 Å². The molecule has 0 radical (unpaired) electrons. The first-order chi connectivity index (χ1) is 16.1. The molecule has 1 fully saturated rings. The first-order valence-corrected chi connectivity index (χ1v) is 11.7. The Morgan fingerprint density at radius 3 is 2.55 bits per heavy atom. The van der Waals surface area contributed by atoms with Crippen LogP contribution in [0.3, 0.4) is 0 Å². The molecular weight excluding hydrogens is 418 g/mol. The Hall–Kier alpha value is -3.26. The number of fused-ring (bicyclic) bond motifs is 1. The van der Waals surface area contributed by atoms with Crippen LogP contribution in [0.25, 0.3) is 0 Å². The molecular formula is C25H31N5O3. The normalized spacial score (nSPS) is 18.9. The minimum absolute atomic E-state index is 0.0395. The summed E-state index contributed by atoms with van der Waals surface area (Å²) < 4.78 is 0. The van der Waals surface area contributed by atoms with Gasteiger partial charge in [0.15, 0.2) is 0 Å². The standard InChI is InChI=1S/C25H31N5O3/c1-26-16-21(31)29-22(17-9-4-2-5-10-17)25(33)30-20(15-18-11-8-14-27-23(18)30)24(32)28-19-12-6-3-7-13-19/h3,6-8,11-14,17,20,22,26H,2,4-5,9-10,15-16H2,1H3,(H,28,32)(H,29,31). The molecule has 4 rings (SSSR count). The van der Waals surface area contributed by atoms with Crippen LogP contribution in [-0.4, -0.2) is 48.4 Å². The molecule has 3 amide bonds. The molecule has 1 aliphatic carbocycles. The zero-order chi connectivity index (χ0) is 23.2. The predicted molar refractivity (Wildman–Crippen MR) is 127 cm³/mol. The SMILES string of the molecule is CNCC(=O)NC(C(=O)N1c2ncccc2CC1C(=O)Nc1ccccc1)C1CCCCC1. The lowest BCUT2D eigenvalue weighted by molar-refractivity contribution is -0.129. The van der Waals surface area contributed by atoms with Gasteiger partial charge in [0.25, 0.3) is 5.91 Å². The van der Waals surface area contributed by atoms with Gasteiger partial charge >= 0.3 is 0 Å². The highest BCUT2D eigenvalue weighted by atomic mass is 16.2. The summed E-state index contributed by atoms with van der Waals surface area (Å²) in [7, 11) is 1.70. The van der Waals surface area contributed by atoms with Crippen molar-refractivity contribution in [3.8, 4) is 0 Å². The molecule has 1 aromatic heterocycles. The molecule has 0 bridgehead atoms. The van der Waals surface area contributed by atoms with E-state index < -0.39 is 12.1 Å². The highest BCUT2D eigenvalue weighted by Crippen LogP contribution is 2.34. The molecule has 2 aliphatic rings. The zero-order valence-electron chi connectivity index (χ0n) is 18.9. The number of carbonyl (C=O) groups excluding carboxylic acids is 3. The number of hydrogen-bond acceptors (Lipinski definition) is 5. The Morgan fingerprint density at radius 1 is 1.06 bits per heavy atom. The maximum absolute atomic E-state index is 14.0. The number of anilines is 2. The van der Waals surface area contributed by atoms with Crippen LogP contribution in [-0.2, 0) is 20.8 Å². The molecule has 8 nitrogen and oxygen atoms in total. The molecule has 3 N–H and O–H groups in total. The molecule has 0 spiro atoms. The third kappa shape index (κ3) is 5.22. The number of para-hydroxylation sites is 1. The van der Waals surface area contributed by atoms with E-state index in [-0.39, 0.29) is 30.2 Å². The number of nitrogens with zero attached hydrogens (tertiary/aromatic N) is 2. The lowest BCUT2D eigenvalue weighted by atomic mass is 9.83. The van der Waals surface area contributed by atoms with Crippen molar-refractivity contribution in [1.29, 1.82) is 0 Å². The summed E-state index contributed by atoms with van der Waals surface area (Å²) in [5, 5.41) is 8.72. The van der Waals surface area contributed by atoms with Crippen molar-refractivity contribution < 1.29 is 14.4 Å². The second kappa shape index (κ2) is 10.6. The van der Waals surface area contributed by atoms with Gasteiger partial charge in [-0.25, -0.2) is 4.98 Å². The fraction of sp³-hybridized carbons (Fsp3) is 0.440. The van der Waals surface area contributed by atoms with E-state index in [1.54, 1.807) is 13.2 Å². The molecule has 1 aliphatic heterocycles. The fourth-order valence-corrected chi connectivity index (χ4v) is 4.85. The summed E-state index contributed by atoms with van der Waals surface area (Å²) >= 11 is 0. The minimum atomic E-state index is -0.727. The molecule has 8 heteroatoms. The molecule has 2 atom stereocenters. The molecule has 174 valence electrons. The van der Waals surface area contributed by atoms with E-state index in [9.17, 15) is 14.4 Å². The number of hydrogen-bond donors (Lipinski definition) is 3. The summed E-state index contributed by atoms with van der Waals surface area (Å²) in [4.78, 5) is 45.7. The number of benzene rings is 1. The lowest BCUT2D eigenvalue weighted by Gasteiger charge is -2.34. The van der Waals surface area contributed by atoms with Crippen LogP contribution < -0.4 is 20.9 Å². The van der Waals surface area contributed by atoms with Gasteiger partial charge < -0.3 is 16.0 Å². The number of rotatable bonds is 7. The Bertz CT molecular complexity index is 991. The van der Waals surface area contributed by atoms with Crippen molar-refractivity contribution >= 4 is 29.2 Å². The predicted octanol–water partition coefficient (Wildman–Crippen LogP) is 2.26. The van der Waals surface area contributed by atoms with Gasteiger partial charge in [-0.1, -0.05) is 43.5 Å².